The van der Waals surface area contributed by atoms with Crippen molar-refractivity contribution in [3.05, 3.63) is 35.4 Å². The molecule has 2 atom stereocenters. The van der Waals surface area contributed by atoms with Gasteiger partial charge in [-0.15, -0.1) is 0 Å². The molecule has 3 heteroatoms. The number of benzene rings is 1. The third kappa shape index (κ3) is 4.67. The van der Waals surface area contributed by atoms with E-state index in [9.17, 15) is 4.79 Å². The normalized spacial score (nSPS) is 14.4. The van der Waals surface area contributed by atoms with Gasteiger partial charge in [-0.3, -0.25) is 4.79 Å². The fourth-order valence-electron chi connectivity index (χ4n) is 2.22. The maximum atomic E-state index is 10.9. The molecule has 0 fully saturated rings. The summed E-state index contributed by atoms with van der Waals surface area (Å²) in [4.78, 5) is 10.9. The molecular weight excluding hydrogens is 236 g/mol. The lowest BCUT2D eigenvalue weighted by Crippen LogP contribution is -2.34. The molecule has 0 saturated carbocycles. The Morgan fingerprint density at radius 2 is 1.68 bits per heavy atom. The molecule has 1 rings (SSSR count). The molecular formula is C16H26N2O. The first-order valence-corrected chi connectivity index (χ1v) is 7.07. The number of hydrogen-bond acceptors (Lipinski definition) is 2. The number of nitrogens with one attached hydrogen (secondary N) is 1. The van der Waals surface area contributed by atoms with Gasteiger partial charge >= 0.3 is 0 Å². The predicted molar refractivity (Wildman–Crippen MR) is 79.9 cm³/mol. The van der Waals surface area contributed by atoms with Gasteiger partial charge in [0.1, 0.15) is 0 Å². The second kappa shape index (κ2) is 7.29. The lowest BCUT2D eigenvalue weighted by molar-refractivity contribution is -0.117. The fraction of sp³-hybridized carbons (Fsp3) is 0.562. The number of carbonyl (C=O) groups excluding carboxylic acids is 1. The van der Waals surface area contributed by atoms with Crippen LogP contribution in [-0.4, -0.2) is 12.5 Å². The first kappa shape index (κ1) is 15.7. The first-order valence-electron chi connectivity index (χ1n) is 7.07. The van der Waals surface area contributed by atoms with Gasteiger partial charge in [-0.25, -0.2) is 0 Å². The minimum atomic E-state index is -0.318. The highest BCUT2D eigenvalue weighted by Crippen LogP contribution is 2.25. The summed E-state index contributed by atoms with van der Waals surface area (Å²) in [7, 11) is 0. The molecule has 0 aliphatic carbocycles. The minimum absolute atomic E-state index is 0.165. The van der Waals surface area contributed by atoms with Crippen LogP contribution in [0.2, 0.25) is 0 Å². The Hall–Kier alpha value is -1.35. The van der Waals surface area contributed by atoms with E-state index in [4.69, 9.17) is 5.73 Å². The fourth-order valence-corrected chi connectivity index (χ4v) is 2.22. The molecule has 0 radical (unpaired) electrons. The monoisotopic (exact) mass is 262 g/mol. The molecule has 0 heterocycles. The molecule has 0 aromatic heterocycles. The van der Waals surface area contributed by atoms with E-state index in [0.29, 0.717) is 11.8 Å². The summed E-state index contributed by atoms with van der Waals surface area (Å²) in [6, 6.07) is 8.84. The number of hydrogen-bond donors (Lipinski definition) is 2. The van der Waals surface area contributed by atoms with Crippen LogP contribution in [-0.2, 0) is 4.79 Å². The van der Waals surface area contributed by atoms with Gasteiger partial charge < -0.3 is 11.1 Å². The molecule has 0 aliphatic rings. The van der Waals surface area contributed by atoms with E-state index in [1.54, 1.807) is 0 Å². The Morgan fingerprint density at radius 1 is 1.16 bits per heavy atom. The number of primary amides is 1. The highest BCUT2D eigenvalue weighted by Gasteiger charge is 2.16. The summed E-state index contributed by atoms with van der Waals surface area (Å²) < 4.78 is 0. The Labute approximate surface area is 116 Å². The highest BCUT2D eigenvalue weighted by atomic mass is 16.1. The van der Waals surface area contributed by atoms with Crippen molar-refractivity contribution in [2.45, 2.75) is 46.1 Å². The standard InChI is InChI=1S/C16H26N2O/c1-5-12(4)13-6-8-14(9-7-13)16(11(2)3)18-10-15(17)19/h6-9,11-12,16,18H,5,10H2,1-4H3,(H2,17,19)/t12-,16-/m1/s1. The maximum Gasteiger partial charge on any atom is 0.231 e. The van der Waals surface area contributed by atoms with E-state index in [1.165, 1.54) is 11.1 Å². The lowest BCUT2D eigenvalue weighted by atomic mass is 9.92. The van der Waals surface area contributed by atoms with Crippen molar-refractivity contribution in [1.82, 2.24) is 5.32 Å². The zero-order valence-corrected chi connectivity index (χ0v) is 12.4. The summed E-state index contributed by atoms with van der Waals surface area (Å²) in [5, 5.41) is 3.22. The first-order chi connectivity index (χ1) is 8.95. The van der Waals surface area contributed by atoms with Crippen LogP contribution >= 0.6 is 0 Å². The van der Waals surface area contributed by atoms with Crippen molar-refractivity contribution in [3.8, 4) is 0 Å². The van der Waals surface area contributed by atoms with Crippen molar-refractivity contribution in [2.24, 2.45) is 11.7 Å². The molecule has 0 bridgehead atoms. The summed E-state index contributed by atoms with van der Waals surface area (Å²) in [5.74, 6) is 0.681. The number of carbonyl (C=O) groups is 1. The minimum Gasteiger partial charge on any atom is -0.369 e. The van der Waals surface area contributed by atoms with Gasteiger partial charge in [0.25, 0.3) is 0 Å². The summed E-state index contributed by atoms with van der Waals surface area (Å²) >= 11 is 0. The molecule has 1 aromatic rings. The topological polar surface area (TPSA) is 55.1 Å². The Balaban J connectivity index is 2.82. The second-order valence-electron chi connectivity index (χ2n) is 5.54. The molecule has 3 nitrogen and oxygen atoms in total. The number of rotatable bonds is 7. The van der Waals surface area contributed by atoms with Crippen LogP contribution in [0.5, 0.6) is 0 Å². The van der Waals surface area contributed by atoms with E-state index in [1.807, 2.05) is 0 Å². The van der Waals surface area contributed by atoms with Crippen LogP contribution in [0.25, 0.3) is 0 Å². The number of amides is 1. The lowest BCUT2D eigenvalue weighted by Gasteiger charge is -2.23. The zero-order chi connectivity index (χ0) is 14.4. The van der Waals surface area contributed by atoms with Crippen LogP contribution in [0.4, 0.5) is 0 Å². The summed E-state index contributed by atoms with van der Waals surface area (Å²) in [6.45, 7) is 8.93. The van der Waals surface area contributed by atoms with Crippen LogP contribution in [0.15, 0.2) is 24.3 Å². The van der Waals surface area contributed by atoms with Gasteiger partial charge in [0.2, 0.25) is 5.91 Å². The van der Waals surface area contributed by atoms with Crippen LogP contribution in [0, 0.1) is 5.92 Å². The number of nitrogens with two attached hydrogens (primary N) is 1. The van der Waals surface area contributed by atoms with Gasteiger partial charge in [-0.1, -0.05) is 52.0 Å². The predicted octanol–water partition coefficient (Wildman–Crippen LogP) is 2.97. The van der Waals surface area contributed by atoms with E-state index >= 15 is 0 Å². The molecule has 19 heavy (non-hydrogen) atoms. The van der Waals surface area contributed by atoms with Crippen LogP contribution in [0.3, 0.4) is 0 Å². The van der Waals surface area contributed by atoms with Crippen molar-refractivity contribution >= 4 is 5.91 Å². The molecule has 0 unspecified atom stereocenters. The van der Waals surface area contributed by atoms with Crippen molar-refractivity contribution in [2.75, 3.05) is 6.54 Å². The van der Waals surface area contributed by atoms with Gasteiger partial charge in [-0.2, -0.15) is 0 Å². The van der Waals surface area contributed by atoms with E-state index in [0.717, 1.165) is 6.42 Å². The van der Waals surface area contributed by atoms with Crippen molar-refractivity contribution in [3.63, 3.8) is 0 Å². The average molecular weight is 262 g/mol. The molecule has 0 aliphatic heterocycles. The zero-order valence-electron chi connectivity index (χ0n) is 12.4. The van der Waals surface area contributed by atoms with Gasteiger partial charge in [0, 0.05) is 6.04 Å². The van der Waals surface area contributed by atoms with Crippen molar-refractivity contribution < 1.29 is 4.79 Å². The smallest absolute Gasteiger partial charge is 0.231 e. The van der Waals surface area contributed by atoms with E-state index < -0.39 is 0 Å². The van der Waals surface area contributed by atoms with Gasteiger partial charge in [-0.05, 0) is 29.4 Å². The summed E-state index contributed by atoms with van der Waals surface area (Å²) in [5.41, 5.74) is 7.78. The van der Waals surface area contributed by atoms with Crippen LogP contribution in [0.1, 0.15) is 57.2 Å². The van der Waals surface area contributed by atoms with Crippen molar-refractivity contribution in [1.29, 1.82) is 0 Å². The second-order valence-corrected chi connectivity index (χ2v) is 5.54. The maximum absolute atomic E-state index is 10.9. The SMILES string of the molecule is CC[C@@H](C)c1ccc([C@H](NCC(N)=O)C(C)C)cc1. The highest BCUT2D eigenvalue weighted by molar-refractivity contribution is 5.75. The molecule has 1 aromatic carbocycles. The quantitative estimate of drug-likeness (QED) is 0.793. The molecule has 3 N–H and O–H groups in total. The molecule has 1 amide bonds. The van der Waals surface area contributed by atoms with E-state index in [-0.39, 0.29) is 18.5 Å². The average Bonchev–Trinajstić information content (AvgIpc) is 2.38. The Morgan fingerprint density at radius 3 is 2.11 bits per heavy atom. The Kier molecular flexibility index (Phi) is 6.03. The van der Waals surface area contributed by atoms with Gasteiger partial charge in [0.05, 0.1) is 6.54 Å². The molecule has 0 saturated heterocycles. The molecule has 106 valence electrons. The van der Waals surface area contributed by atoms with E-state index in [2.05, 4.69) is 57.3 Å². The Bertz CT molecular complexity index is 398. The molecule has 0 spiro atoms. The third-order valence-corrected chi connectivity index (χ3v) is 3.64. The largest absolute Gasteiger partial charge is 0.369 e. The van der Waals surface area contributed by atoms with Crippen LogP contribution < -0.4 is 11.1 Å². The third-order valence-electron chi connectivity index (χ3n) is 3.64. The summed E-state index contributed by atoms with van der Waals surface area (Å²) in [6.07, 6.45) is 1.15. The van der Waals surface area contributed by atoms with Gasteiger partial charge in [0.15, 0.2) is 0 Å².